The largest absolute Gasteiger partial charge is 0.497 e. The van der Waals surface area contributed by atoms with Gasteiger partial charge >= 0.3 is 0 Å². The minimum absolute atomic E-state index is 0.0943. The van der Waals surface area contributed by atoms with Gasteiger partial charge in [0.15, 0.2) is 0 Å². The lowest BCUT2D eigenvalue weighted by Crippen LogP contribution is -2.24. The molecule has 32 heavy (non-hydrogen) atoms. The maximum atomic E-state index is 12.6. The Bertz CT molecular complexity index is 1260. The van der Waals surface area contributed by atoms with Crippen LogP contribution in [0.15, 0.2) is 83.4 Å². The van der Waals surface area contributed by atoms with Crippen LogP contribution in [-0.4, -0.2) is 33.5 Å². The molecule has 0 saturated heterocycles. The van der Waals surface area contributed by atoms with Crippen LogP contribution in [0, 0.1) is 0 Å². The average Bonchev–Trinajstić information content (AvgIpc) is 3.58. The zero-order chi connectivity index (χ0) is 22.1. The van der Waals surface area contributed by atoms with Crippen molar-refractivity contribution in [3.63, 3.8) is 0 Å². The summed E-state index contributed by atoms with van der Waals surface area (Å²) in [5, 5.41) is 13.2. The average molecular weight is 443 g/mol. The minimum atomic E-state index is -0.223. The fraction of sp³-hybridized carbons (Fsp3) is 0.160. The van der Waals surface area contributed by atoms with E-state index < -0.39 is 0 Å². The van der Waals surface area contributed by atoms with Crippen molar-refractivity contribution in [2.75, 3.05) is 7.11 Å². The van der Waals surface area contributed by atoms with Crippen LogP contribution in [0.1, 0.15) is 30.5 Å². The van der Waals surface area contributed by atoms with Crippen LogP contribution in [0.25, 0.3) is 16.3 Å². The van der Waals surface area contributed by atoms with Crippen molar-refractivity contribution < 1.29 is 9.53 Å². The summed E-state index contributed by atoms with van der Waals surface area (Å²) in [4.78, 5) is 13.6. The Labute approximate surface area is 190 Å². The zero-order valence-electron chi connectivity index (χ0n) is 17.8. The van der Waals surface area contributed by atoms with Crippen LogP contribution in [0.3, 0.4) is 0 Å². The Morgan fingerprint density at radius 3 is 2.50 bits per heavy atom. The topological polar surface area (TPSA) is 59.7 Å². The summed E-state index contributed by atoms with van der Waals surface area (Å²) >= 11 is 1.64. The number of rotatable bonds is 5. The van der Waals surface area contributed by atoms with Crippen molar-refractivity contribution in [1.29, 1.82) is 0 Å². The number of aromatic nitrogens is 2. The zero-order valence-corrected chi connectivity index (χ0v) is 18.6. The quantitative estimate of drug-likeness (QED) is 0.421. The molecular weight excluding hydrogens is 420 g/mol. The summed E-state index contributed by atoms with van der Waals surface area (Å²) in [6.45, 7) is 1.56. The number of carbonyl (C=O) groups is 1. The van der Waals surface area contributed by atoms with Gasteiger partial charge < -0.3 is 4.74 Å². The Morgan fingerprint density at radius 1 is 1.06 bits per heavy atom. The molecule has 1 aliphatic rings. The molecule has 0 fully saturated rings. The number of carbonyl (C=O) groups excluding carboxylic acids is 1. The summed E-state index contributed by atoms with van der Waals surface area (Å²) in [5.74, 6) is 0.694. The predicted molar refractivity (Wildman–Crippen MR) is 126 cm³/mol. The molecule has 3 heterocycles. The lowest BCUT2D eigenvalue weighted by atomic mass is 9.98. The van der Waals surface area contributed by atoms with E-state index in [1.807, 2.05) is 76.9 Å². The summed E-state index contributed by atoms with van der Waals surface area (Å²) in [6, 6.07) is 21.6. The number of methoxy groups -OCH3 is 1. The van der Waals surface area contributed by atoms with Crippen LogP contribution >= 0.6 is 11.3 Å². The molecule has 1 aliphatic heterocycles. The number of hydrazone groups is 1. The van der Waals surface area contributed by atoms with Gasteiger partial charge in [0, 0.05) is 25.1 Å². The molecule has 0 spiro atoms. The van der Waals surface area contributed by atoms with Crippen LogP contribution in [0.2, 0.25) is 0 Å². The highest BCUT2D eigenvalue weighted by atomic mass is 32.1. The molecule has 1 amide bonds. The molecule has 6 nitrogen and oxygen atoms in total. The van der Waals surface area contributed by atoms with E-state index in [1.165, 1.54) is 0 Å². The monoisotopic (exact) mass is 442 g/mol. The second kappa shape index (κ2) is 8.43. The molecular formula is C25H22N4O2S. The van der Waals surface area contributed by atoms with E-state index in [2.05, 4.69) is 6.07 Å². The van der Waals surface area contributed by atoms with E-state index in [1.54, 1.807) is 30.4 Å². The highest BCUT2D eigenvalue weighted by Gasteiger charge is 2.35. The van der Waals surface area contributed by atoms with Crippen LogP contribution in [0.5, 0.6) is 5.75 Å². The van der Waals surface area contributed by atoms with Gasteiger partial charge in [-0.1, -0.05) is 24.3 Å². The first kappa shape index (κ1) is 20.2. The van der Waals surface area contributed by atoms with Gasteiger partial charge in [-0.2, -0.15) is 10.2 Å². The molecule has 2 aromatic heterocycles. The molecule has 2 aromatic carbocycles. The summed E-state index contributed by atoms with van der Waals surface area (Å²) < 4.78 is 7.15. The number of hydrogen-bond donors (Lipinski definition) is 0. The summed E-state index contributed by atoms with van der Waals surface area (Å²) in [5.41, 5.74) is 4.69. The highest BCUT2D eigenvalue weighted by molar-refractivity contribution is 7.13. The Kier molecular flexibility index (Phi) is 5.33. The van der Waals surface area contributed by atoms with Gasteiger partial charge in [-0.05, 0) is 53.4 Å². The van der Waals surface area contributed by atoms with Gasteiger partial charge in [0.05, 0.1) is 29.4 Å². The third-order valence-corrected chi connectivity index (χ3v) is 6.41. The van der Waals surface area contributed by atoms with Crippen LogP contribution in [-0.2, 0) is 4.79 Å². The predicted octanol–water partition coefficient (Wildman–Crippen LogP) is 5.31. The number of nitrogens with zero attached hydrogens (tertiary/aromatic N) is 4. The van der Waals surface area contributed by atoms with E-state index in [9.17, 15) is 4.79 Å². The number of benzene rings is 2. The van der Waals surface area contributed by atoms with E-state index >= 15 is 0 Å². The molecule has 160 valence electrons. The number of amides is 1. The first-order valence-corrected chi connectivity index (χ1v) is 11.2. The lowest BCUT2D eigenvalue weighted by molar-refractivity contribution is -0.130. The molecule has 1 atom stereocenters. The molecule has 0 aliphatic carbocycles. The molecule has 0 N–H and O–H groups in total. The van der Waals surface area contributed by atoms with E-state index in [4.69, 9.17) is 14.9 Å². The van der Waals surface area contributed by atoms with Crippen molar-refractivity contribution in [2.45, 2.75) is 19.4 Å². The van der Waals surface area contributed by atoms with E-state index in [-0.39, 0.29) is 11.9 Å². The number of thiophene rings is 1. The van der Waals surface area contributed by atoms with E-state index in [0.29, 0.717) is 6.42 Å². The smallest absolute Gasteiger partial charge is 0.240 e. The Balaban J connectivity index is 1.57. The fourth-order valence-electron chi connectivity index (χ4n) is 3.95. The maximum Gasteiger partial charge on any atom is 0.240 e. The Hall–Kier alpha value is -3.71. The third kappa shape index (κ3) is 3.71. The lowest BCUT2D eigenvalue weighted by Gasteiger charge is -2.19. The molecule has 0 radical (unpaired) electrons. The van der Waals surface area contributed by atoms with Crippen molar-refractivity contribution in [2.24, 2.45) is 5.10 Å². The first-order chi connectivity index (χ1) is 15.6. The van der Waals surface area contributed by atoms with E-state index in [0.717, 1.165) is 38.8 Å². The molecule has 0 saturated carbocycles. The van der Waals surface area contributed by atoms with Gasteiger partial charge in [-0.15, -0.1) is 11.3 Å². The van der Waals surface area contributed by atoms with Gasteiger partial charge in [0.25, 0.3) is 0 Å². The molecule has 0 bridgehead atoms. The molecule has 4 aromatic rings. The molecule has 5 rings (SSSR count). The van der Waals surface area contributed by atoms with Crippen molar-refractivity contribution >= 4 is 23.0 Å². The summed E-state index contributed by atoms with van der Waals surface area (Å²) in [7, 11) is 1.64. The highest BCUT2D eigenvalue weighted by Crippen LogP contribution is 2.39. The SMILES string of the molecule is COc1ccc(C2=NN(C(C)=O)C(c3cn(-c4ccccc4)nc3-c3cccs3)C2)cc1. The normalized spacial score (nSPS) is 15.6. The van der Waals surface area contributed by atoms with Crippen molar-refractivity contribution in [1.82, 2.24) is 14.8 Å². The number of hydrogen-bond acceptors (Lipinski definition) is 5. The van der Waals surface area contributed by atoms with Crippen molar-refractivity contribution in [3.05, 3.63) is 89.4 Å². The molecule has 1 unspecified atom stereocenters. The van der Waals surface area contributed by atoms with Gasteiger partial charge in [0.2, 0.25) is 5.91 Å². The summed E-state index contributed by atoms with van der Waals surface area (Å²) in [6.07, 6.45) is 2.64. The van der Waals surface area contributed by atoms with Gasteiger partial charge in [0.1, 0.15) is 11.4 Å². The Morgan fingerprint density at radius 2 is 1.84 bits per heavy atom. The number of para-hydroxylation sites is 1. The third-order valence-electron chi connectivity index (χ3n) is 5.53. The number of ether oxygens (including phenoxy) is 1. The second-order valence-electron chi connectivity index (χ2n) is 7.55. The maximum absolute atomic E-state index is 12.6. The van der Waals surface area contributed by atoms with Crippen molar-refractivity contribution in [3.8, 4) is 22.0 Å². The minimum Gasteiger partial charge on any atom is -0.497 e. The molecule has 7 heteroatoms. The van der Waals surface area contributed by atoms with Gasteiger partial charge in [-0.25, -0.2) is 9.69 Å². The van der Waals surface area contributed by atoms with Crippen LogP contribution in [0.4, 0.5) is 0 Å². The first-order valence-electron chi connectivity index (χ1n) is 10.3. The van der Waals surface area contributed by atoms with Crippen LogP contribution < -0.4 is 4.74 Å². The fourth-order valence-corrected chi connectivity index (χ4v) is 4.68. The standard InChI is InChI=1S/C25H22N4O2S/c1-17(30)29-23(15-22(26-29)18-10-12-20(31-2)13-11-18)21-16-28(19-7-4-3-5-8-19)27-25(21)24-9-6-14-32-24/h3-14,16,23H,15H2,1-2H3. The van der Waals surface area contributed by atoms with Gasteiger partial charge in [-0.3, -0.25) is 4.79 Å². The second-order valence-corrected chi connectivity index (χ2v) is 8.50.